The molecule has 0 atom stereocenters. The molecule has 26 heavy (non-hydrogen) atoms. The molecule has 0 unspecified atom stereocenters. The highest BCUT2D eigenvalue weighted by atomic mass is 32.1. The van der Waals surface area contributed by atoms with Crippen LogP contribution in [0, 0.1) is 0 Å². The molecule has 0 aliphatic heterocycles. The summed E-state index contributed by atoms with van der Waals surface area (Å²) in [6.45, 7) is 6.42. The standard InChI is InChI=1S/C20H21N3O2S/c1-20(2,3)15-4-6-16(7-5-15)25-12-18(24)23-19-22-17(13-26-19)14-8-10-21-11-9-14/h4-11,13H,12H2,1-3H3,(H,22,23,24). The number of aromatic nitrogens is 2. The Morgan fingerprint density at radius 1 is 1.12 bits per heavy atom. The molecule has 2 heterocycles. The molecule has 0 radical (unpaired) electrons. The topological polar surface area (TPSA) is 64.1 Å². The SMILES string of the molecule is CC(C)(C)c1ccc(OCC(=O)Nc2nc(-c3ccncc3)cs2)cc1. The fourth-order valence-corrected chi connectivity index (χ4v) is 3.08. The second kappa shape index (κ2) is 7.66. The summed E-state index contributed by atoms with van der Waals surface area (Å²) in [5.74, 6) is 0.435. The molecule has 0 fully saturated rings. The molecule has 134 valence electrons. The third-order valence-electron chi connectivity index (χ3n) is 3.82. The molecule has 0 aliphatic carbocycles. The predicted octanol–water partition coefficient (Wildman–Crippen LogP) is 4.52. The minimum absolute atomic E-state index is 0.0565. The number of carbonyl (C=O) groups excluding carboxylic acids is 1. The Balaban J connectivity index is 1.54. The van der Waals surface area contributed by atoms with Crippen LogP contribution in [-0.4, -0.2) is 22.5 Å². The molecular weight excluding hydrogens is 346 g/mol. The molecule has 2 aromatic heterocycles. The first-order chi connectivity index (χ1) is 12.4. The van der Waals surface area contributed by atoms with Crippen LogP contribution in [0.25, 0.3) is 11.3 Å². The van der Waals surface area contributed by atoms with Crippen molar-refractivity contribution in [2.45, 2.75) is 26.2 Å². The Labute approximate surface area is 157 Å². The van der Waals surface area contributed by atoms with Gasteiger partial charge in [0.2, 0.25) is 0 Å². The lowest BCUT2D eigenvalue weighted by Gasteiger charge is -2.19. The zero-order valence-corrected chi connectivity index (χ0v) is 15.8. The molecule has 0 saturated heterocycles. The number of hydrogen-bond donors (Lipinski definition) is 1. The highest BCUT2D eigenvalue weighted by molar-refractivity contribution is 7.14. The van der Waals surface area contributed by atoms with E-state index in [4.69, 9.17) is 4.74 Å². The normalized spacial score (nSPS) is 11.2. The number of carbonyl (C=O) groups is 1. The van der Waals surface area contributed by atoms with Crippen LogP contribution >= 0.6 is 11.3 Å². The van der Waals surface area contributed by atoms with Gasteiger partial charge in [0.05, 0.1) is 5.69 Å². The van der Waals surface area contributed by atoms with Gasteiger partial charge in [0, 0.05) is 23.3 Å². The molecule has 1 N–H and O–H groups in total. The van der Waals surface area contributed by atoms with Crippen molar-refractivity contribution in [1.82, 2.24) is 9.97 Å². The number of pyridine rings is 1. The van der Waals surface area contributed by atoms with Crippen molar-refractivity contribution in [1.29, 1.82) is 0 Å². The van der Waals surface area contributed by atoms with Crippen molar-refractivity contribution in [3.8, 4) is 17.0 Å². The van der Waals surface area contributed by atoms with Crippen molar-refractivity contribution in [2.24, 2.45) is 0 Å². The first-order valence-electron chi connectivity index (χ1n) is 8.31. The number of anilines is 1. The quantitative estimate of drug-likeness (QED) is 0.720. The van der Waals surface area contributed by atoms with E-state index >= 15 is 0 Å². The predicted molar refractivity (Wildman–Crippen MR) is 105 cm³/mol. The van der Waals surface area contributed by atoms with E-state index in [0.29, 0.717) is 10.9 Å². The number of nitrogens with zero attached hydrogens (tertiary/aromatic N) is 2. The minimum atomic E-state index is -0.236. The van der Waals surface area contributed by atoms with Crippen LogP contribution in [0.5, 0.6) is 5.75 Å². The summed E-state index contributed by atoms with van der Waals surface area (Å²) in [5.41, 5.74) is 3.09. The summed E-state index contributed by atoms with van der Waals surface area (Å²) in [6, 6.07) is 11.6. The third-order valence-corrected chi connectivity index (χ3v) is 4.57. The van der Waals surface area contributed by atoms with E-state index < -0.39 is 0 Å². The summed E-state index contributed by atoms with van der Waals surface area (Å²) >= 11 is 1.38. The van der Waals surface area contributed by atoms with Crippen LogP contribution in [0.1, 0.15) is 26.3 Å². The minimum Gasteiger partial charge on any atom is -0.484 e. The Kier molecular flexibility index (Phi) is 5.32. The van der Waals surface area contributed by atoms with Gasteiger partial charge < -0.3 is 4.74 Å². The van der Waals surface area contributed by atoms with Gasteiger partial charge in [0.25, 0.3) is 5.91 Å². The van der Waals surface area contributed by atoms with E-state index in [9.17, 15) is 4.79 Å². The first kappa shape index (κ1) is 18.1. The average Bonchev–Trinajstić information content (AvgIpc) is 3.09. The summed E-state index contributed by atoms with van der Waals surface area (Å²) in [4.78, 5) is 20.5. The van der Waals surface area contributed by atoms with Gasteiger partial charge in [-0.15, -0.1) is 11.3 Å². The van der Waals surface area contributed by atoms with E-state index in [-0.39, 0.29) is 17.9 Å². The zero-order chi connectivity index (χ0) is 18.6. The van der Waals surface area contributed by atoms with E-state index in [0.717, 1.165) is 11.3 Å². The van der Waals surface area contributed by atoms with Crippen LogP contribution < -0.4 is 10.1 Å². The molecule has 0 aliphatic rings. The van der Waals surface area contributed by atoms with Gasteiger partial charge in [-0.05, 0) is 35.2 Å². The second-order valence-corrected chi connectivity index (χ2v) is 7.74. The van der Waals surface area contributed by atoms with Gasteiger partial charge in [-0.1, -0.05) is 32.9 Å². The van der Waals surface area contributed by atoms with E-state index in [1.54, 1.807) is 12.4 Å². The van der Waals surface area contributed by atoms with Gasteiger partial charge in [0.15, 0.2) is 11.7 Å². The van der Waals surface area contributed by atoms with Crippen molar-refractivity contribution >= 4 is 22.4 Å². The van der Waals surface area contributed by atoms with Crippen molar-refractivity contribution in [3.63, 3.8) is 0 Å². The third kappa shape index (κ3) is 4.67. The molecule has 0 spiro atoms. The number of nitrogens with one attached hydrogen (secondary N) is 1. The van der Waals surface area contributed by atoms with Gasteiger partial charge in [-0.2, -0.15) is 0 Å². The molecule has 3 rings (SSSR count). The molecule has 5 nitrogen and oxygen atoms in total. The Morgan fingerprint density at radius 2 is 1.81 bits per heavy atom. The smallest absolute Gasteiger partial charge is 0.264 e. The summed E-state index contributed by atoms with van der Waals surface area (Å²) in [7, 11) is 0. The van der Waals surface area contributed by atoms with E-state index in [1.807, 2.05) is 41.8 Å². The number of ether oxygens (including phenoxy) is 1. The van der Waals surface area contributed by atoms with Crippen LogP contribution in [-0.2, 0) is 10.2 Å². The summed E-state index contributed by atoms with van der Waals surface area (Å²) in [5, 5.41) is 5.22. The lowest BCUT2D eigenvalue weighted by Crippen LogP contribution is -2.20. The molecule has 3 aromatic rings. The molecular formula is C20H21N3O2S. The summed E-state index contributed by atoms with van der Waals surface area (Å²) in [6.07, 6.45) is 3.43. The maximum atomic E-state index is 12.1. The Morgan fingerprint density at radius 3 is 2.46 bits per heavy atom. The molecule has 6 heteroatoms. The van der Waals surface area contributed by atoms with Crippen LogP contribution in [0.4, 0.5) is 5.13 Å². The lowest BCUT2D eigenvalue weighted by molar-refractivity contribution is -0.118. The molecule has 0 saturated carbocycles. The van der Waals surface area contributed by atoms with Gasteiger partial charge in [-0.3, -0.25) is 15.1 Å². The summed E-state index contributed by atoms with van der Waals surface area (Å²) < 4.78 is 5.56. The fraction of sp³-hybridized carbons (Fsp3) is 0.250. The fourth-order valence-electron chi connectivity index (χ4n) is 2.34. The van der Waals surface area contributed by atoms with Crippen LogP contribution in [0.3, 0.4) is 0 Å². The lowest BCUT2D eigenvalue weighted by atomic mass is 9.87. The Bertz CT molecular complexity index is 868. The number of amides is 1. The Hall–Kier alpha value is -2.73. The number of benzene rings is 1. The van der Waals surface area contributed by atoms with Crippen molar-refractivity contribution < 1.29 is 9.53 Å². The molecule has 0 bridgehead atoms. The highest BCUT2D eigenvalue weighted by Crippen LogP contribution is 2.25. The highest BCUT2D eigenvalue weighted by Gasteiger charge is 2.13. The average molecular weight is 367 g/mol. The largest absolute Gasteiger partial charge is 0.484 e. The first-order valence-corrected chi connectivity index (χ1v) is 9.19. The second-order valence-electron chi connectivity index (χ2n) is 6.89. The number of rotatable bonds is 5. The van der Waals surface area contributed by atoms with E-state index in [2.05, 4.69) is 36.1 Å². The zero-order valence-electron chi connectivity index (χ0n) is 15.0. The number of hydrogen-bond acceptors (Lipinski definition) is 5. The van der Waals surface area contributed by atoms with Crippen molar-refractivity contribution in [3.05, 3.63) is 59.7 Å². The maximum Gasteiger partial charge on any atom is 0.264 e. The van der Waals surface area contributed by atoms with E-state index in [1.165, 1.54) is 16.9 Å². The molecule has 1 amide bonds. The maximum absolute atomic E-state index is 12.1. The monoisotopic (exact) mass is 367 g/mol. The molecule has 1 aromatic carbocycles. The van der Waals surface area contributed by atoms with Gasteiger partial charge >= 0.3 is 0 Å². The van der Waals surface area contributed by atoms with Crippen molar-refractivity contribution in [2.75, 3.05) is 11.9 Å². The van der Waals surface area contributed by atoms with Crippen LogP contribution in [0.15, 0.2) is 54.2 Å². The van der Waals surface area contributed by atoms with Crippen LogP contribution in [0.2, 0.25) is 0 Å². The van der Waals surface area contributed by atoms with Gasteiger partial charge in [-0.25, -0.2) is 4.98 Å². The van der Waals surface area contributed by atoms with Gasteiger partial charge in [0.1, 0.15) is 5.75 Å². The number of thiazole rings is 1.